The predicted octanol–water partition coefficient (Wildman–Crippen LogP) is 10.5. The van der Waals surface area contributed by atoms with Gasteiger partial charge in [-0.25, -0.2) is 0 Å². The molecule has 1 fully saturated rings. The van der Waals surface area contributed by atoms with Crippen molar-refractivity contribution in [3.63, 3.8) is 0 Å². The zero-order valence-corrected chi connectivity index (χ0v) is 26.8. The Balaban J connectivity index is 1.37. The quantitative estimate of drug-likeness (QED) is 0.0613. The molecule has 1 saturated heterocycles. The van der Waals surface area contributed by atoms with Gasteiger partial charge in [-0.2, -0.15) is 15.3 Å². The van der Waals surface area contributed by atoms with Crippen LogP contribution >= 0.6 is 0 Å². The van der Waals surface area contributed by atoms with Crippen LogP contribution in [0.25, 0.3) is 0 Å². The molecule has 240 valence electrons. The second-order valence-corrected chi connectivity index (χ2v) is 11.5. The zero-order chi connectivity index (χ0) is 31.7. The van der Waals surface area contributed by atoms with Crippen molar-refractivity contribution in [2.24, 2.45) is 20.5 Å². The number of hydrogen-bond acceptors (Lipinski definition) is 9. The molecule has 0 radical (unpaired) electrons. The fraction of sp³-hybridized carbons (Fsp3) is 0.486. The molecule has 0 atom stereocenters. The van der Waals surface area contributed by atoms with Crippen LogP contribution in [0.5, 0.6) is 5.75 Å². The SMILES string of the molecule is CCCCCCCOc1cc(N=Nc2ccc(N3CCN(CCCCCC)CC3)cc2)ccc1N=Nc1ccc([N+](=O)[O-])cc1. The van der Waals surface area contributed by atoms with Gasteiger partial charge in [0.2, 0.25) is 0 Å². The average Bonchev–Trinajstić information content (AvgIpc) is 3.07. The molecule has 0 bridgehead atoms. The molecule has 0 N–H and O–H groups in total. The number of non-ortho nitro benzene ring substituents is 1. The lowest BCUT2D eigenvalue weighted by atomic mass is 10.2. The van der Waals surface area contributed by atoms with Crippen molar-refractivity contribution >= 4 is 34.1 Å². The maximum absolute atomic E-state index is 10.9. The summed E-state index contributed by atoms with van der Waals surface area (Å²) in [5.74, 6) is 0.576. The minimum atomic E-state index is -0.438. The number of unbranched alkanes of at least 4 members (excludes halogenated alkanes) is 7. The van der Waals surface area contributed by atoms with Crippen molar-refractivity contribution < 1.29 is 9.66 Å². The van der Waals surface area contributed by atoms with Crippen LogP contribution in [-0.4, -0.2) is 49.2 Å². The normalized spacial score (nSPS) is 14.0. The molecule has 10 heteroatoms. The third kappa shape index (κ3) is 11.4. The molecule has 10 nitrogen and oxygen atoms in total. The highest BCUT2D eigenvalue weighted by atomic mass is 16.6. The third-order valence-electron chi connectivity index (χ3n) is 7.98. The Labute approximate surface area is 267 Å². The van der Waals surface area contributed by atoms with Crippen LogP contribution in [0.3, 0.4) is 0 Å². The molecular formula is C35H47N7O3. The van der Waals surface area contributed by atoms with E-state index in [0.29, 0.717) is 29.4 Å². The van der Waals surface area contributed by atoms with Crippen LogP contribution in [0.15, 0.2) is 87.2 Å². The molecule has 0 amide bonds. The van der Waals surface area contributed by atoms with Crippen molar-refractivity contribution in [2.45, 2.75) is 71.6 Å². The molecule has 0 spiro atoms. The predicted molar refractivity (Wildman–Crippen MR) is 181 cm³/mol. The number of benzene rings is 3. The van der Waals surface area contributed by atoms with Gasteiger partial charge < -0.3 is 9.64 Å². The number of ether oxygens (including phenoxy) is 1. The summed E-state index contributed by atoms with van der Waals surface area (Å²) < 4.78 is 6.12. The fourth-order valence-electron chi connectivity index (χ4n) is 5.24. The monoisotopic (exact) mass is 613 g/mol. The van der Waals surface area contributed by atoms with Gasteiger partial charge in [-0.15, -0.1) is 5.11 Å². The standard InChI is InChI=1S/C35H47N7O3/c1-3-5-7-9-11-27-45-35-28-31(16-21-34(35)39-37-30-14-19-33(20-15-30)42(43)44)38-36-29-12-17-32(18-13-29)41-25-23-40(24-26-41)22-10-8-6-4-2/h12-21,28H,3-11,22-27H2,1-2H3. The van der Waals surface area contributed by atoms with Crippen molar-refractivity contribution in [1.82, 2.24) is 4.90 Å². The number of azo groups is 2. The van der Waals surface area contributed by atoms with Crippen molar-refractivity contribution in [1.29, 1.82) is 0 Å². The van der Waals surface area contributed by atoms with E-state index in [1.807, 2.05) is 30.3 Å². The zero-order valence-electron chi connectivity index (χ0n) is 26.8. The summed E-state index contributed by atoms with van der Waals surface area (Å²) >= 11 is 0. The number of anilines is 1. The van der Waals surface area contributed by atoms with Crippen molar-refractivity contribution in [3.05, 3.63) is 76.8 Å². The van der Waals surface area contributed by atoms with E-state index in [1.165, 1.54) is 69.3 Å². The first kappa shape index (κ1) is 33.7. The summed E-state index contributed by atoms with van der Waals surface area (Å²) in [6.45, 7) is 10.6. The first-order chi connectivity index (χ1) is 22.1. The van der Waals surface area contributed by atoms with Gasteiger partial charge in [-0.1, -0.05) is 58.8 Å². The van der Waals surface area contributed by atoms with E-state index in [-0.39, 0.29) is 5.69 Å². The van der Waals surface area contributed by atoms with Crippen molar-refractivity contribution in [3.8, 4) is 5.75 Å². The molecule has 1 aliphatic rings. The number of hydrogen-bond donors (Lipinski definition) is 0. The molecule has 45 heavy (non-hydrogen) atoms. The topological polar surface area (TPSA) is 108 Å². The molecule has 0 aliphatic carbocycles. The number of rotatable bonds is 18. The lowest BCUT2D eigenvalue weighted by Crippen LogP contribution is -2.46. The number of nitrogens with zero attached hydrogens (tertiary/aromatic N) is 7. The van der Waals surface area contributed by atoms with E-state index >= 15 is 0 Å². The van der Waals surface area contributed by atoms with Crippen molar-refractivity contribution in [2.75, 3.05) is 44.2 Å². The van der Waals surface area contributed by atoms with E-state index in [1.54, 1.807) is 12.1 Å². The van der Waals surface area contributed by atoms with Gasteiger partial charge in [0.25, 0.3) is 5.69 Å². The van der Waals surface area contributed by atoms with Gasteiger partial charge >= 0.3 is 0 Å². The molecule has 0 saturated carbocycles. The van der Waals surface area contributed by atoms with E-state index in [4.69, 9.17) is 4.74 Å². The highest BCUT2D eigenvalue weighted by molar-refractivity contribution is 5.59. The highest BCUT2D eigenvalue weighted by Gasteiger charge is 2.16. The van der Waals surface area contributed by atoms with Crippen LogP contribution in [0.4, 0.5) is 34.1 Å². The largest absolute Gasteiger partial charge is 0.491 e. The minimum absolute atomic E-state index is 0.0109. The Kier molecular flexibility index (Phi) is 13.9. The molecule has 1 heterocycles. The Morgan fingerprint density at radius 2 is 1.27 bits per heavy atom. The van der Waals surface area contributed by atoms with Gasteiger partial charge in [-0.05, 0) is 67.9 Å². The maximum atomic E-state index is 10.9. The molecule has 3 aromatic carbocycles. The Morgan fingerprint density at radius 3 is 1.93 bits per heavy atom. The fourth-order valence-corrected chi connectivity index (χ4v) is 5.24. The molecule has 4 rings (SSSR count). The smallest absolute Gasteiger partial charge is 0.269 e. The number of piperazine rings is 1. The van der Waals surface area contributed by atoms with Crippen LogP contribution in [0, 0.1) is 10.1 Å². The average molecular weight is 614 g/mol. The van der Waals surface area contributed by atoms with E-state index in [0.717, 1.165) is 44.7 Å². The van der Waals surface area contributed by atoms with E-state index in [2.05, 4.69) is 56.2 Å². The summed E-state index contributed by atoms with van der Waals surface area (Å²) in [6.07, 6.45) is 10.9. The maximum Gasteiger partial charge on any atom is 0.269 e. The van der Waals surface area contributed by atoms with Gasteiger partial charge in [0, 0.05) is 50.1 Å². The Bertz CT molecular complexity index is 1370. The summed E-state index contributed by atoms with van der Waals surface area (Å²) in [4.78, 5) is 15.5. The lowest BCUT2D eigenvalue weighted by Gasteiger charge is -2.36. The summed E-state index contributed by atoms with van der Waals surface area (Å²) in [6, 6.07) is 19.7. The molecule has 3 aromatic rings. The summed E-state index contributed by atoms with van der Waals surface area (Å²) in [5.41, 5.74) is 3.75. The van der Waals surface area contributed by atoms with E-state index < -0.39 is 4.92 Å². The first-order valence-corrected chi connectivity index (χ1v) is 16.5. The number of nitro groups is 1. The second kappa shape index (κ2) is 18.6. The molecule has 0 unspecified atom stereocenters. The molecule has 0 aromatic heterocycles. The van der Waals surface area contributed by atoms with E-state index in [9.17, 15) is 10.1 Å². The van der Waals surface area contributed by atoms with Gasteiger partial charge in [-0.3, -0.25) is 15.0 Å². The Hall–Kier alpha value is -4.18. The summed E-state index contributed by atoms with van der Waals surface area (Å²) in [5, 5.41) is 28.5. The van der Waals surface area contributed by atoms with Crippen LogP contribution in [-0.2, 0) is 0 Å². The van der Waals surface area contributed by atoms with Crippen LogP contribution < -0.4 is 9.64 Å². The van der Waals surface area contributed by atoms with Gasteiger partial charge in [0.15, 0.2) is 0 Å². The summed E-state index contributed by atoms with van der Waals surface area (Å²) in [7, 11) is 0. The van der Waals surface area contributed by atoms with Crippen LogP contribution in [0.1, 0.15) is 71.6 Å². The minimum Gasteiger partial charge on any atom is -0.491 e. The number of nitro benzene ring substituents is 1. The van der Waals surface area contributed by atoms with Gasteiger partial charge in [0.1, 0.15) is 11.4 Å². The highest BCUT2D eigenvalue weighted by Crippen LogP contribution is 2.34. The van der Waals surface area contributed by atoms with Crippen LogP contribution in [0.2, 0.25) is 0 Å². The second-order valence-electron chi connectivity index (χ2n) is 11.5. The third-order valence-corrected chi connectivity index (χ3v) is 7.98. The molecular weight excluding hydrogens is 566 g/mol. The van der Waals surface area contributed by atoms with Gasteiger partial charge in [0.05, 0.1) is 28.6 Å². The first-order valence-electron chi connectivity index (χ1n) is 16.5. The molecule has 1 aliphatic heterocycles. The lowest BCUT2D eigenvalue weighted by molar-refractivity contribution is -0.384. The Morgan fingerprint density at radius 1 is 0.689 bits per heavy atom.